The van der Waals surface area contributed by atoms with E-state index in [-0.39, 0.29) is 12.5 Å². The van der Waals surface area contributed by atoms with Crippen molar-refractivity contribution in [2.24, 2.45) is 0 Å². The van der Waals surface area contributed by atoms with Crippen molar-refractivity contribution in [3.63, 3.8) is 0 Å². The van der Waals surface area contributed by atoms with Crippen LogP contribution in [-0.4, -0.2) is 24.6 Å². The monoisotopic (exact) mass is 436 g/mol. The largest absolute Gasteiger partial charge is 0.497 e. The SMILES string of the molecule is COc1ccc(-c2nc(NC(=O)COc3ccc4c(C)cc(=O)oc4c3)sc2C)cc1. The summed E-state index contributed by atoms with van der Waals surface area (Å²) in [4.78, 5) is 29.4. The Kier molecular flexibility index (Phi) is 5.73. The third-order valence-corrected chi connectivity index (χ3v) is 5.59. The number of fused-ring (bicyclic) bond motifs is 1. The molecule has 4 aromatic rings. The van der Waals surface area contributed by atoms with Crippen LogP contribution in [0.1, 0.15) is 10.4 Å². The fourth-order valence-corrected chi connectivity index (χ4v) is 4.02. The molecule has 2 aromatic heterocycles. The van der Waals surface area contributed by atoms with Crippen LogP contribution in [0.15, 0.2) is 57.7 Å². The van der Waals surface area contributed by atoms with Crippen molar-refractivity contribution in [3.05, 3.63) is 69.4 Å². The molecule has 7 nitrogen and oxygen atoms in total. The predicted molar refractivity (Wildman–Crippen MR) is 120 cm³/mol. The summed E-state index contributed by atoms with van der Waals surface area (Å²) in [6.45, 7) is 3.59. The van der Waals surface area contributed by atoms with Gasteiger partial charge in [-0.3, -0.25) is 10.1 Å². The predicted octanol–water partition coefficient (Wildman–Crippen LogP) is 4.56. The van der Waals surface area contributed by atoms with Gasteiger partial charge < -0.3 is 13.9 Å². The van der Waals surface area contributed by atoms with E-state index in [1.165, 1.54) is 17.4 Å². The molecule has 0 aliphatic carbocycles. The summed E-state index contributed by atoms with van der Waals surface area (Å²) in [5.41, 5.74) is 2.57. The molecule has 0 unspecified atom stereocenters. The van der Waals surface area contributed by atoms with Gasteiger partial charge in [-0.2, -0.15) is 0 Å². The lowest BCUT2D eigenvalue weighted by molar-refractivity contribution is -0.118. The number of ether oxygens (including phenoxy) is 2. The van der Waals surface area contributed by atoms with Gasteiger partial charge in [0.15, 0.2) is 11.7 Å². The third-order valence-electron chi connectivity index (χ3n) is 4.70. The molecule has 2 heterocycles. The van der Waals surface area contributed by atoms with E-state index in [0.717, 1.165) is 32.8 Å². The first-order chi connectivity index (χ1) is 14.9. The van der Waals surface area contributed by atoms with Gasteiger partial charge in [-0.15, -0.1) is 11.3 Å². The average Bonchev–Trinajstić information content (AvgIpc) is 3.11. The summed E-state index contributed by atoms with van der Waals surface area (Å²) >= 11 is 1.39. The summed E-state index contributed by atoms with van der Waals surface area (Å²) in [6.07, 6.45) is 0. The summed E-state index contributed by atoms with van der Waals surface area (Å²) in [5, 5.41) is 4.08. The molecule has 31 heavy (non-hydrogen) atoms. The number of aromatic nitrogens is 1. The fraction of sp³-hybridized carbons (Fsp3) is 0.174. The normalized spacial score (nSPS) is 10.8. The van der Waals surface area contributed by atoms with Crippen LogP contribution in [0.5, 0.6) is 11.5 Å². The second-order valence-corrected chi connectivity index (χ2v) is 8.10. The number of aryl methyl sites for hydroxylation is 2. The van der Waals surface area contributed by atoms with Crippen molar-refractivity contribution in [2.75, 3.05) is 19.0 Å². The zero-order chi connectivity index (χ0) is 22.0. The molecule has 2 aromatic carbocycles. The van der Waals surface area contributed by atoms with Crippen LogP contribution in [0.25, 0.3) is 22.2 Å². The van der Waals surface area contributed by atoms with Crippen LogP contribution in [0.3, 0.4) is 0 Å². The maximum atomic E-state index is 12.3. The lowest BCUT2D eigenvalue weighted by Gasteiger charge is -2.07. The summed E-state index contributed by atoms with van der Waals surface area (Å²) in [7, 11) is 1.62. The highest BCUT2D eigenvalue weighted by Gasteiger charge is 2.13. The Morgan fingerprint density at radius 2 is 1.84 bits per heavy atom. The number of carbonyl (C=O) groups excluding carboxylic acids is 1. The van der Waals surface area contributed by atoms with E-state index in [1.54, 1.807) is 25.3 Å². The first kappa shape index (κ1) is 20.6. The van der Waals surface area contributed by atoms with Gasteiger partial charge in [0.25, 0.3) is 5.91 Å². The molecule has 1 N–H and O–H groups in total. The molecule has 1 amide bonds. The average molecular weight is 436 g/mol. The Bertz CT molecular complexity index is 1310. The number of benzene rings is 2. The van der Waals surface area contributed by atoms with Gasteiger partial charge in [-0.25, -0.2) is 9.78 Å². The van der Waals surface area contributed by atoms with E-state index in [2.05, 4.69) is 10.3 Å². The lowest BCUT2D eigenvalue weighted by Crippen LogP contribution is -2.20. The molecule has 0 atom stereocenters. The smallest absolute Gasteiger partial charge is 0.336 e. The number of rotatable bonds is 6. The first-order valence-electron chi connectivity index (χ1n) is 9.52. The number of hydrogen-bond donors (Lipinski definition) is 1. The number of anilines is 1. The van der Waals surface area contributed by atoms with Crippen molar-refractivity contribution in [1.82, 2.24) is 4.98 Å². The van der Waals surface area contributed by atoms with Gasteiger partial charge in [0.05, 0.1) is 12.8 Å². The zero-order valence-corrected chi connectivity index (χ0v) is 18.0. The number of hydrogen-bond acceptors (Lipinski definition) is 7. The van der Waals surface area contributed by atoms with Crippen molar-refractivity contribution in [1.29, 1.82) is 0 Å². The van der Waals surface area contributed by atoms with Crippen LogP contribution < -0.4 is 20.4 Å². The number of carbonyl (C=O) groups is 1. The van der Waals surface area contributed by atoms with Crippen molar-refractivity contribution in [3.8, 4) is 22.8 Å². The van der Waals surface area contributed by atoms with E-state index in [9.17, 15) is 9.59 Å². The van der Waals surface area contributed by atoms with E-state index < -0.39 is 5.63 Å². The molecule has 0 saturated carbocycles. The van der Waals surface area contributed by atoms with Crippen molar-refractivity contribution < 1.29 is 18.7 Å². The quantitative estimate of drug-likeness (QED) is 0.446. The van der Waals surface area contributed by atoms with Crippen LogP contribution in [0, 0.1) is 13.8 Å². The molecular formula is C23H20N2O5S. The molecule has 0 aliphatic rings. The molecule has 4 rings (SSSR count). The standard InChI is InChI=1S/C23H20N2O5S/c1-13-10-21(27)30-19-11-17(8-9-18(13)19)29-12-20(26)24-23-25-22(14(2)31-23)15-4-6-16(28-3)7-5-15/h4-11H,12H2,1-3H3,(H,24,25,26). The van der Waals surface area contributed by atoms with Gasteiger partial charge in [0, 0.05) is 28.0 Å². The molecule has 0 bridgehead atoms. The maximum absolute atomic E-state index is 12.3. The van der Waals surface area contributed by atoms with Crippen LogP contribution in [0.4, 0.5) is 5.13 Å². The highest BCUT2D eigenvalue weighted by atomic mass is 32.1. The third kappa shape index (κ3) is 4.59. The summed E-state index contributed by atoms with van der Waals surface area (Å²) in [5.74, 6) is 0.872. The molecule has 0 fully saturated rings. The molecule has 0 radical (unpaired) electrons. The van der Waals surface area contributed by atoms with E-state index in [4.69, 9.17) is 13.9 Å². The highest BCUT2D eigenvalue weighted by Crippen LogP contribution is 2.31. The highest BCUT2D eigenvalue weighted by molar-refractivity contribution is 7.16. The zero-order valence-electron chi connectivity index (χ0n) is 17.2. The molecule has 0 saturated heterocycles. The molecule has 158 valence electrons. The second kappa shape index (κ2) is 8.61. The van der Waals surface area contributed by atoms with Gasteiger partial charge in [-0.05, 0) is 55.8 Å². The molecule has 0 spiro atoms. The molecular weight excluding hydrogens is 416 g/mol. The minimum atomic E-state index is -0.424. The minimum absolute atomic E-state index is 0.196. The van der Waals surface area contributed by atoms with E-state index in [0.29, 0.717) is 16.5 Å². The minimum Gasteiger partial charge on any atom is -0.497 e. The van der Waals surface area contributed by atoms with E-state index >= 15 is 0 Å². The van der Waals surface area contributed by atoms with Gasteiger partial charge in [-0.1, -0.05) is 0 Å². The van der Waals surface area contributed by atoms with Crippen LogP contribution >= 0.6 is 11.3 Å². The van der Waals surface area contributed by atoms with Gasteiger partial charge >= 0.3 is 5.63 Å². The lowest BCUT2D eigenvalue weighted by atomic mass is 10.1. The number of thiazole rings is 1. The van der Waals surface area contributed by atoms with Crippen LogP contribution in [0.2, 0.25) is 0 Å². The van der Waals surface area contributed by atoms with Gasteiger partial charge in [0.2, 0.25) is 0 Å². The second-order valence-electron chi connectivity index (χ2n) is 6.90. The van der Waals surface area contributed by atoms with Crippen molar-refractivity contribution in [2.45, 2.75) is 13.8 Å². The molecule has 0 aliphatic heterocycles. The van der Waals surface area contributed by atoms with Crippen molar-refractivity contribution >= 4 is 33.3 Å². The maximum Gasteiger partial charge on any atom is 0.336 e. The Morgan fingerprint density at radius 3 is 2.58 bits per heavy atom. The Morgan fingerprint density at radius 1 is 1.10 bits per heavy atom. The van der Waals surface area contributed by atoms with Gasteiger partial charge in [0.1, 0.15) is 17.1 Å². The summed E-state index contributed by atoms with van der Waals surface area (Å²) in [6, 6.07) is 14.2. The fourth-order valence-electron chi connectivity index (χ4n) is 3.17. The Balaban J connectivity index is 1.42. The van der Waals surface area contributed by atoms with Crippen LogP contribution in [-0.2, 0) is 4.79 Å². The Labute approximate surface area is 182 Å². The number of amides is 1. The first-order valence-corrected chi connectivity index (χ1v) is 10.3. The number of nitrogens with one attached hydrogen (secondary N) is 1. The topological polar surface area (TPSA) is 90.7 Å². The Hall–Kier alpha value is -3.65. The van der Waals surface area contributed by atoms with E-state index in [1.807, 2.05) is 38.1 Å². The molecule has 8 heteroatoms. The number of nitrogens with zero attached hydrogens (tertiary/aromatic N) is 1. The number of methoxy groups -OCH3 is 1. The summed E-state index contributed by atoms with van der Waals surface area (Å²) < 4.78 is 16.0.